The van der Waals surface area contributed by atoms with Gasteiger partial charge in [-0.25, -0.2) is 4.98 Å². The SMILES string of the molecule is Cl.NCc1noc(-c2cccc(N)n2)n1. The Morgan fingerprint density at radius 1 is 1.27 bits per heavy atom. The van der Waals surface area contributed by atoms with Gasteiger partial charge < -0.3 is 16.0 Å². The van der Waals surface area contributed by atoms with Gasteiger partial charge in [0.2, 0.25) is 0 Å². The van der Waals surface area contributed by atoms with E-state index in [0.717, 1.165) is 0 Å². The molecule has 0 aromatic carbocycles. The summed E-state index contributed by atoms with van der Waals surface area (Å²) in [6.07, 6.45) is 0. The van der Waals surface area contributed by atoms with E-state index in [0.29, 0.717) is 23.2 Å². The molecule has 2 rings (SSSR count). The molecule has 0 saturated carbocycles. The first-order chi connectivity index (χ1) is 6.79. The molecular weight excluding hydrogens is 218 g/mol. The summed E-state index contributed by atoms with van der Waals surface area (Å²) in [4.78, 5) is 8.05. The molecule has 0 spiro atoms. The van der Waals surface area contributed by atoms with Gasteiger partial charge in [0.25, 0.3) is 5.89 Å². The Hall–Kier alpha value is -1.66. The van der Waals surface area contributed by atoms with E-state index in [-0.39, 0.29) is 19.0 Å². The maximum atomic E-state index is 5.51. The van der Waals surface area contributed by atoms with E-state index in [9.17, 15) is 0 Å². The highest BCUT2D eigenvalue weighted by Crippen LogP contribution is 2.14. The second-order valence-electron chi connectivity index (χ2n) is 2.67. The molecule has 7 heteroatoms. The van der Waals surface area contributed by atoms with Crippen molar-refractivity contribution >= 4 is 18.2 Å². The number of hydrogen-bond acceptors (Lipinski definition) is 6. The van der Waals surface area contributed by atoms with E-state index < -0.39 is 0 Å². The average molecular weight is 228 g/mol. The fourth-order valence-electron chi connectivity index (χ4n) is 1.01. The maximum Gasteiger partial charge on any atom is 0.276 e. The summed E-state index contributed by atoms with van der Waals surface area (Å²) in [5.74, 6) is 1.19. The number of nitrogens with zero attached hydrogens (tertiary/aromatic N) is 3. The Bertz CT molecular complexity index is 444. The Morgan fingerprint density at radius 3 is 2.67 bits per heavy atom. The van der Waals surface area contributed by atoms with Gasteiger partial charge in [0.15, 0.2) is 5.82 Å². The zero-order valence-corrected chi connectivity index (χ0v) is 8.57. The fraction of sp³-hybridized carbons (Fsp3) is 0.125. The Kier molecular flexibility index (Phi) is 3.59. The van der Waals surface area contributed by atoms with Crippen molar-refractivity contribution in [2.75, 3.05) is 5.73 Å². The first-order valence-corrected chi connectivity index (χ1v) is 4.05. The molecule has 6 nitrogen and oxygen atoms in total. The zero-order valence-electron chi connectivity index (χ0n) is 7.75. The van der Waals surface area contributed by atoms with E-state index >= 15 is 0 Å². The van der Waals surface area contributed by atoms with Crippen molar-refractivity contribution < 1.29 is 4.52 Å². The number of anilines is 1. The molecule has 0 aliphatic rings. The quantitative estimate of drug-likeness (QED) is 0.778. The third kappa shape index (κ3) is 2.42. The summed E-state index contributed by atoms with van der Waals surface area (Å²) in [7, 11) is 0. The van der Waals surface area contributed by atoms with Gasteiger partial charge in [0, 0.05) is 0 Å². The van der Waals surface area contributed by atoms with E-state index in [4.69, 9.17) is 16.0 Å². The molecule has 0 amide bonds. The summed E-state index contributed by atoms with van der Waals surface area (Å²) in [6, 6.07) is 5.19. The minimum absolute atomic E-state index is 0. The van der Waals surface area contributed by atoms with Crippen LogP contribution in [0.25, 0.3) is 11.6 Å². The van der Waals surface area contributed by atoms with Gasteiger partial charge >= 0.3 is 0 Å². The highest BCUT2D eigenvalue weighted by atomic mass is 35.5. The van der Waals surface area contributed by atoms with Gasteiger partial charge in [-0.15, -0.1) is 12.4 Å². The number of nitrogens with two attached hydrogens (primary N) is 2. The molecule has 0 atom stereocenters. The smallest absolute Gasteiger partial charge is 0.276 e. The molecule has 0 fully saturated rings. The molecule has 0 bridgehead atoms. The largest absolute Gasteiger partial charge is 0.384 e. The normalized spacial score (nSPS) is 9.67. The molecular formula is C8H10ClN5O. The summed E-state index contributed by atoms with van der Waals surface area (Å²) in [5.41, 5.74) is 11.4. The second-order valence-corrected chi connectivity index (χ2v) is 2.67. The standard InChI is InChI=1S/C8H9N5O.ClH/c9-4-7-12-8(14-13-7)5-2-1-3-6(10)11-5;/h1-3H,4,9H2,(H2,10,11);1H. The lowest BCUT2D eigenvalue weighted by atomic mass is 10.3. The first-order valence-electron chi connectivity index (χ1n) is 4.05. The molecule has 0 aliphatic carbocycles. The fourth-order valence-corrected chi connectivity index (χ4v) is 1.01. The van der Waals surface area contributed by atoms with Crippen LogP contribution in [0.1, 0.15) is 5.82 Å². The van der Waals surface area contributed by atoms with Gasteiger partial charge in [-0.2, -0.15) is 4.98 Å². The number of aromatic nitrogens is 3. The van der Waals surface area contributed by atoms with Gasteiger partial charge in [-0.1, -0.05) is 11.2 Å². The van der Waals surface area contributed by atoms with Crippen LogP contribution >= 0.6 is 12.4 Å². The van der Waals surface area contributed by atoms with E-state index in [1.165, 1.54) is 0 Å². The third-order valence-electron chi connectivity index (χ3n) is 1.64. The van der Waals surface area contributed by atoms with Crippen molar-refractivity contribution in [1.29, 1.82) is 0 Å². The Balaban J connectivity index is 0.00000112. The van der Waals surface area contributed by atoms with E-state index in [1.807, 2.05) is 0 Å². The number of rotatable bonds is 2. The number of halogens is 1. The lowest BCUT2D eigenvalue weighted by Gasteiger charge is -1.93. The molecule has 0 unspecified atom stereocenters. The maximum absolute atomic E-state index is 5.51. The van der Waals surface area contributed by atoms with Crippen molar-refractivity contribution in [3.05, 3.63) is 24.0 Å². The molecule has 2 aromatic heterocycles. The van der Waals surface area contributed by atoms with Crippen LogP contribution in [0.15, 0.2) is 22.7 Å². The van der Waals surface area contributed by atoms with Crippen LogP contribution in [0, 0.1) is 0 Å². The average Bonchev–Trinajstić information content (AvgIpc) is 2.66. The highest BCUT2D eigenvalue weighted by molar-refractivity contribution is 5.85. The van der Waals surface area contributed by atoms with Crippen LogP contribution in [0.4, 0.5) is 5.82 Å². The van der Waals surface area contributed by atoms with Gasteiger partial charge in [-0.05, 0) is 12.1 Å². The van der Waals surface area contributed by atoms with Gasteiger partial charge in [0.1, 0.15) is 11.5 Å². The highest BCUT2D eigenvalue weighted by Gasteiger charge is 2.08. The lowest BCUT2D eigenvalue weighted by molar-refractivity contribution is 0.421. The lowest BCUT2D eigenvalue weighted by Crippen LogP contribution is -1.98. The van der Waals surface area contributed by atoms with Gasteiger partial charge in [0.05, 0.1) is 6.54 Å². The van der Waals surface area contributed by atoms with Crippen LogP contribution in [0.3, 0.4) is 0 Å². The van der Waals surface area contributed by atoms with E-state index in [1.54, 1.807) is 18.2 Å². The molecule has 2 heterocycles. The van der Waals surface area contributed by atoms with Crippen LogP contribution in [-0.4, -0.2) is 15.1 Å². The molecule has 4 N–H and O–H groups in total. The number of pyridine rings is 1. The monoisotopic (exact) mass is 227 g/mol. The van der Waals surface area contributed by atoms with Crippen molar-refractivity contribution in [2.45, 2.75) is 6.54 Å². The van der Waals surface area contributed by atoms with Crippen molar-refractivity contribution in [1.82, 2.24) is 15.1 Å². The molecule has 0 aliphatic heterocycles. The predicted octanol–water partition coefficient (Wildman–Crippen LogP) is 0.594. The first kappa shape index (κ1) is 11.4. The van der Waals surface area contributed by atoms with Crippen LogP contribution in [0.2, 0.25) is 0 Å². The Morgan fingerprint density at radius 2 is 2.07 bits per heavy atom. The third-order valence-corrected chi connectivity index (χ3v) is 1.64. The van der Waals surface area contributed by atoms with Gasteiger partial charge in [-0.3, -0.25) is 0 Å². The zero-order chi connectivity index (χ0) is 9.97. The topological polar surface area (TPSA) is 104 Å². The Labute approximate surface area is 92.1 Å². The molecule has 80 valence electrons. The van der Waals surface area contributed by atoms with E-state index in [2.05, 4.69) is 15.1 Å². The molecule has 2 aromatic rings. The molecule has 0 saturated heterocycles. The van der Waals surface area contributed by atoms with Crippen LogP contribution in [-0.2, 0) is 6.54 Å². The van der Waals surface area contributed by atoms with Crippen LogP contribution in [0.5, 0.6) is 0 Å². The molecule has 15 heavy (non-hydrogen) atoms. The minimum Gasteiger partial charge on any atom is -0.384 e. The summed E-state index contributed by atoms with van der Waals surface area (Å²) in [6.45, 7) is 0.242. The summed E-state index contributed by atoms with van der Waals surface area (Å²) < 4.78 is 4.94. The van der Waals surface area contributed by atoms with Crippen molar-refractivity contribution in [2.24, 2.45) is 5.73 Å². The number of nitrogen functional groups attached to an aromatic ring is 1. The predicted molar refractivity (Wildman–Crippen MR) is 57.1 cm³/mol. The summed E-state index contributed by atoms with van der Waals surface area (Å²) >= 11 is 0. The number of hydrogen-bond donors (Lipinski definition) is 2. The van der Waals surface area contributed by atoms with Crippen LogP contribution < -0.4 is 11.5 Å². The van der Waals surface area contributed by atoms with Crippen molar-refractivity contribution in [3.63, 3.8) is 0 Å². The molecule has 0 radical (unpaired) electrons. The second kappa shape index (κ2) is 4.72. The summed E-state index contributed by atoms with van der Waals surface area (Å²) in [5, 5.41) is 3.65. The van der Waals surface area contributed by atoms with Crippen molar-refractivity contribution in [3.8, 4) is 11.6 Å². The minimum atomic E-state index is 0.